The van der Waals surface area contributed by atoms with Crippen molar-refractivity contribution >= 4 is 11.9 Å². The highest BCUT2D eigenvalue weighted by molar-refractivity contribution is 5.94. The summed E-state index contributed by atoms with van der Waals surface area (Å²) in [6.45, 7) is 3.43. The minimum atomic E-state index is -0.459. The van der Waals surface area contributed by atoms with Crippen LogP contribution < -0.4 is 0 Å². The molecule has 0 aromatic heterocycles. The second-order valence-electron chi connectivity index (χ2n) is 3.60. The number of esters is 1. The van der Waals surface area contributed by atoms with Crippen LogP contribution in [-0.2, 0) is 14.3 Å². The van der Waals surface area contributed by atoms with E-state index in [0.29, 0.717) is 13.2 Å². The predicted octanol–water partition coefficient (Wildman–Crippen LogP) is -0.0404. The van der Waals surface area contributed by atoms with E-state index in [-0.39, 0.29) is 12.3 Å². The van der Waals surface area contributed by atoms with Crippen molar-refractivity contribution in [3.8, 4) is 0 Å². The number of carbonyl (C=O) groups excluding carboxylic acids is 2. The smallest absolute Gasteiger partial charge is 0.315 e. The summed E-state index contributed by atoms with van der Waals surface area (Å²) in [5.41, 5.74) is 0. The SMILES string of the molecule is CCOC(=O)CC(=O)N(C)CCN(C)C. The quantitative estimate of drug-likeness (QED) is 0.462. The molecular weight excluding hydrogens is 196 g/mol. The highest BCUT2D eigenvalue weighted by Gasteiger charge is 2.14. The molecule has 0 aliphatic heterocycles. The van der Waals surface area contributed by atoms with E-state index in [9.17, 15) is 9.59 Å². The summed E-state index contributed by atoms with van der Waals surface area (Å²) in [6.07, 6.45) is -0.169. The van der Waals surface area contributed by atoms with Gasteiger partial charge in [-0.3, -0.25) is 9.59 Å². The molecule has 0 aromatic carbocycles. The maximum absolute atomic E-state index is 11.4. The van der Waals surface area contributed by atoms with Gasteiger partial charge in [-0.15, -0.1) is 0 Å². The topological polar surface area (TPSA) is 49.9 Å². The molecule has 0 atom stereocenters. The fourth-order valence-corrected chi connectivity index (χ4v) is 0.945. The molecule has 5 heteroatoms. The third-order valence-electron chi connectivity index (χ3n) is 1.91. The average Bonchev–Trinajstić information content (AvgIpc) is 2.14. The predicted molar refractivity (Wildman–Crippen MR) is 57.4 cm³/mol. The van der Waals surface area contributed by atoms with Gasteiger partial charge in [-0.25, -0.2) is 0 Å². The van der Waals surface area contributed by atoms with Crippen molar-refractivity contribution in [1.82, 2.24) is 9.80 Å². The molecule has 5 nitrogen and oxygen atoms in total. The molecular formula is C10H20N2O3. The van der Waals surface area contributed by atoms with E-state index >= 15 is 0 Å². The van der Waals surface area contributed by atoms with E-state index in [2.05, 4.69) is 0 Å². The summed E-state index contributed by atoms with van der Waals surface area (Å²) in [6, 6.07) is 0. The molecule has 0 rings (SSSR count). The molecule has 0 bridgehead atoms. The van der Waals surface area contributed by atoms with Crippen molar-refractivity contribution in [3.05, 3.63) is 0 Å². The number of likely N-dealkylation sites (N-methyl/N-ethyl adjacent to an activating group) is 2. The van der Waals surface area contributed by atoms with Gasteiger partial charge in [0.15, 0.2) is 0 Å². The lowest BCUT2D eigenvalue weighted by atomic mass is 10.3. The number of rotatable bonds is 6. The first-order valence-electron chi connectivity index (χ1n) is 5.01. The van der Waals surface area contributed by atoms with E-state index in [0.717, 1.165) is 6.54 Å². The maximum atomic E-state index is 11.4. The van der Waals surface area contributed by atoms with Crippen LogP contribution in [0.2, 0.25) is 0 Å². The second kappa shape index (κ2) is 7.23. The van der Waals surface area contributed by atoms with E-state index < -0.39 is 5.97 Å². The molecule has 0 saturated heterocycles. The van der Waals surface area contributed by atoms with Gasteiger partial charge in [0.2, 0.25) is 5.91 Å². The number of hydrogen-bond donors (Lipinski definition) is 0. The molecule has 0 fully saturated rings. The van der Waals surface area contributed by atoms with E-state index in [1.54, 1.807) is 14.0 Å². The molecule has 1 amide bonds. The van der Waals surface area contributed by atoms with Crippen LogP contribution in [0.5, 0.6) is 0 Å². The summed E-state index contributed by atoms with van der Waals surface area (Å²) in [5, 5.41) is 0. The number of amides is 1. The summed E-state index contributed by atoms with van der Waals surface area (Å²) in [4.78, 5) is 26.0. The molecule has 0 unspecified atom stereocenters. The van der Waals surface area contributed by atoms with Crippen LogP contribution in [-0.4, -0.2) is 62.5 Å². The summed E-state index contributed by atoms with van der Waals surface area (Å²) < 4.78 is 4.69. The summed E-state index contributed by atoms with van der Waals surface area (Å²) in [5.74, 6) is -0.658. The largest absolute Gasteiger partial charge is 0.466 e. The van der Waals surface area contributed by atoms with Gasteiger partial charge in [0, 0.05) is 20.1 Å². The molecule has 0 saturated carbocycles. The van der Waals surface area contributed by atoms with Crippen LogP contribution in [0, 0.1) is 0 Å². The number of ether oxygens (including phenoxy) is 1. The van der Waals surface area contributed by atoms with Crippen LogP contribution >= 0.6 is 0 Å². The molecule has 0 aliphatic carbocycles. The number of hydrogen-bond acceptors (Lipinski definition) is 4. The molecule has 0 spiro atoms. The van der Waals surface area contributed by atoms with Crippen molar-refractivity contribution < 1.29 is 14.3 Å². The normalized spacial score (nSPS) is 10.2. The third-order valence-corrected chi connectivity index (χ3v) is 1.91. The number of nitrogens with zero attached hydrogens (tertiary/aromatic N) is 2. The Labute approximate surface area is 91.0 Å². The van der Waals surface area contributed by atoms with Crippen molar-refractivity contribution in [1.29, 1.82) is 0 Å². The zero-order valence-electron chi connectivity index (χ0n) is 9.95. The lowest BCUT2D eigenvalue weighted by Crippen LogP contribution is -2.34. The molecule has 0 heterocycles. The fourth-order valence-electron chi connectivity index (χ4n) is 0.945. The van der Waals surface area contributed by atoms with Crippen molar-refractivity contribution in [2.75, 3.05) is 40.8 Å². The Morgan fingerprint density at radius 1 is 1.13 bits per heavy atom. The molecule has 0 aliphatic rings. The van der Waals surface area contributed by atoms with Gasteiger partial charge in [-0.1, -0.05) is 0 Å². The maximum Gasteiger partial charge on any atom is 0.315 e. The van der Waals surface area contributed by atoms with E-state index in [1.165, 1.54) is 4.90 Å². The molecule has 88 valence electrons. The van der Waals surface area contributed by atoms with E-state index in [1.807, 2.05) is 19.0 Å². The molecule has 0 aromatic rings. The summed E-state index contributed by atoms with van der Waals surface area (Å²) >= 11 is 0. The second-order valence-corrected chi connectivity index (χ2v) is 3.60. The van der Waals surface area contributed by atoms with Gasteiger partial charge in [-0.2, -0.15) is 0 Å². The van der Waals surface area contributed by atoms with Gasteiger partial charge in [0.05, 0.1) is 6.61 Å². The van der Waals surface area contributed by atoms with Crippen molar-refractivity contribution in [2.45, 2.75) is 13.3 Å². The van der Waals surface area contributed by atoms with Gasteiger partial charge in [0.1, 0.15) is 6.42 Å². The van der Waals surface area contributed by atoms with Crippen LogP contribution in [0.15, 0.2) is 0 Å². The average molecular weight is 216 g/mol. The molecule has 0 radical (unpaired) electrons. The van der Waals surface area contributed by atoms with Crippen LogP contribution in [0.25, 0.3) is 0 Å². The standard InChI is InChI=1S/C10H20N2O3/c1-5-15-10(14)8-9(13)12(4)7-6-11(2)3/h5-8H2,1-4H3. The first-order valence-corrected chi connectivity index (χ1v) is 5.01. The number of carbonyl (C=O) groups is 2. The van der Waals surface area contributed by atoms with Crippen molar-refractivity contribution in [2.24, 2.45) is 0 Å². The Morgan fingerprint density at radius 2 is 1.73 bits per heavy atom. The zero-order valence-corrected chi connectivity index (χ0v) is 9.95. The molecule has 0 N–H and O–H groups in total. The lowest BCUT2D eigenvalue weighted by molar-refractivity contribution is -0.148. The van der Waals surface area contributed by atoms with Crippen LogP contribution in [0.3, 0.4) is 0 Å². The Balaban J connectivity index is 3.83. The fraction of sp³-hybridized carbons (Fsp3) is 0.800. The zero-order chi connectivity index (χ0) is 11.8. The monoisotopic (exact) mass is 216 g/mol. The van der Waals surface area contributed by atoms with Gasteiger partial charge in [0.25, 0.3) is 0 Å². The minimum absolute atomic E-state index is 0.169. The Bertz CT molecular complexity index is 217. The first kappa shape index (κ1) is 13.9. The van der Waals surface area contributed by atoms with E-state index in [4.69, 9.17) is 4.74 Å². The highest BCUT2D eigenvalue weighted by Crippen LogP contribution is 1.94. The molecule has 15 heavy (non-hydrogen) atoms. The van der Waals surface area contributed by atoms with Crippen LogP contribution in [0.4, 0.5) is 0 Å². The third kappa shape index (κ3) is 6.90. The van der Waals surface area contributed by atoms with Crippen molar-refractivity contribution in [3.63, 3.8) is 0 Å². The Morgan fingerprint density at radius 3 is 2.20 bits per heavy atom. The van der Waals surface area contributed by atoms with Gasteiger partial charge < -0.3 is 14.5 Å². The highest BCUT2D eigenvalue weighted by atomic mass is 16.5. The summed E-state index contributed by atoms with van der Waals surface area (Å²) in [7, 11) is 5.55. The van der Waals surface area contributed by atoms with Crippen LogP contribution in [0.1, 0.15) is 13.3 Å². The first-order chi connectivity index (χ1) is 6.97. The van der Waals surface area contributed by atoms with Gasteiger partial charge in [-0.05, 0) is 21.0 Å². The minimum Gasteiger partial charge on any atom is -0.466 e. The lowest BCUT2D eigenvalue weighted by Gasteiger charge is -2.19. The Kier molecular flexibility index (Phi) is 6.70. The van der Waals surface area contributed by atoms with Gasteiger partial charge >= 0.3 is 5.97 Å². The Hall–Kier alpha value is -1.10.